The predicted molar refractivity (Wildman–Crippen MR) is 83.9 cm³/mol. The van der Waals surface area contributed by atoms with Gasteiger partial charge in [-0.15, -0.1) is 0 Å². The van der Waals surface area contributed by atoms with Crippen molar-refractivity contribution in [1.29, 1.82) is 0 Å². The smallest absolute Gasteiger partial charge is 0.240 e. The summed E-state index contributed by atoms with van der Waals surface area (Å²) in [6.45, 7) is 0.435. The fourth-order valence-electron chi connectivity index (χ4n) is 2.42. The molecule has 0 fully saturated rings. The molecule has 1 heterocycles. The van der Waals surface area contributed by atoms with Crippen LogP contribution in [0.15, 0.2) is 54.6 Å². The van der Waals surface area contributed by atoms with E-state index in [4.69, 9.17) is 0 Å². The molecule has 0 radical (unpaired) electrons. The fraction of sp³-hybridized carbons (Fsp3) is 0.176. The molecule has 1 aromatic heterocycles. The molecule has 0 saturated heterocycles. The van der Waals surface area contributed by atoms with Crippen molar-refractivity contribution in [2.75, 3.05) is 0 Å². The Morgan fingerprint density at radius 2 is 1.82 bits per heavy atom. The highest BCUT2D eigenvalue weighted by atomic mass is 16.3. The molecule has 112 valence electrons. The van der Waals surface area contributed by atoms with Gasteiger partial charge in [-0.25, -0.2) is 4.98 Å². The molecule has 0 aliphatic heterocycles. The number of rotatable bonds is 5. The second-order valence-corrected chi connectivity index (χ2v) is 5.02. The maximum absolute atomic E-state index is 12.2. The van der Waals surface area contributed by atoms with Crippen molar-refractivity contribution in [2.45, 2.75) is 19.7 Å². The van der Waals surface area contributed by atoms with Crippen LogP contribution in [0.5, 0.6) is 0 Å². The molecule has 22 heavy (non-hydrogen) atoms. The summed E-state index contributed by atoms with van der Waals surface area (Å²) in [5.41, 5.74) is 2.68. The first-order valence-corrected chi connectivity index (χ1v) is 7.13. The number of aliphatic hydroxyl groups is 1. The number of hydrogen-bond acceptors (Lipinski definition) is 3. The zero-order valence-electron chi connectivity index (χ0n) is 12.1. The van der Waals surface area contributed by atoms with E-state index in [9.17, 15) is 9.90 Å². The molecular weight excluding hydrogens is 278 g/mol. The third-order valence-corrected chi connectivity index (χ3v) is 3.51. The molecule has 0 atom stereocenters. The van der Waals surface area contributed by atoms with E-state index in [1.165, 1.54) is 0 Å². The summed E-state index contributed by atoms with van der Waals surface area (Å²) >= 11 is 0. The molecule has 0 bridgehead atoms. The molecule has 3 rings (SSSR count). The second-order valence-electron chi connectivity index (χ2n) is 5.02. The van der Waals surface area contributed by atoms with Crippen LogP contribution in [0.25, 0.3) is 11.0 Å². The van der Waals surface area contributed by atoms with Gasteiger partial charge in [0, 0.05) is 6.54 Å². The molecule has 5 heteroatoms. The number of aliphatic hydroxyl groups excluding tert-OH is 1. The van der Waals surface area contributed by atoms with Crippen LogP contribution in [0.4, 0.5) is 0 Å². The van der Waals surface area contributed by atoms with E-state index >= 15 is 0 Å². The average Bonchev–Trinajstić information content (AvgIpc) is 2.92. The van der Waals surface area contributed by atoms with Gasteiger partial charge in [0.1, 0.15) is 19.0 Å². The summed E-state index contributed by atoms with van der Waals surface area (Å²) in [4.78, 5) is 16.5. The van der Waals surface area contributed by atoms with Crippen LogP contribution in [0, 0.1) is 0 Å². The molecular formula is C17H17N3O2. The molecule has 0 aliphatic carbocycles. The van der Waals surface area contributed by atoms with E-state index in [0.29, 0.717) is 12.4 Å². The van der Waals surface area contributed by atoms with Crippen LogP contribution in [0.1, 0.15) is 11.4 Å². The number of benzene rings is 2. The Morgan fingerprint density at radius 3 is 2.59 bits per heavy atom. The van der Waals surface area contributed by atoms with E-state index in [1.54, 1.807) is 4.57 Å². The van der Waals surface area contributed by atoms with E-state index in [0.717, 1.165) is 16.6 Å². The maximum Gasteiger partial charge on any atom is 0.240 e. The number of aromatic nitrogens is 2. The van der Waals surface area contributed by atoms with Crippen molar-refractivity contribution in [3.63, 3.8) is 0 Å². The molecule has 0 aliphatic rings. The first kappa shape index (κ1) is 14.3. The number of hydrogen-bond donors (Lipinski definition) is 2. The number of para-hydroxylation sites is 2. The van der Waals surface area contributed by atoms with Gasteiger partial charge in [-0.2, -0.15) is 0 Å². The molecule has 2 aromatic carbocycles. The summed E-state index contributed by atoms with van der Waals surface area (Å²) in [7, 11) is 0. The lowest BCUT2D eigenvalue weighted by Crippen LogP contribution is -2.27. The highest BCUT2D eigenvalue weighted by molar-refractivity contribution is 5.81. The van der Waals surface area contributed by atoms with Crippen molar-refractivity contribution in [3.05, 3.63) is 66.0 Å². The second kappa shape index (κ2) is 6.41. The minimum atomic E-state index is -0.194. The molecule has 5 nitrogen and oxygen atoms in total. The summed E-state index contributed by atoms with van der Waals surface area (Å²) in [6, 6.07) is 17.3. The SMILES string of the molecule is O=C(Cn1c(CO)nc2ccccc21)NCc1ccccc1. The van der Waals surface area contributed by atoms with Crippen LogP contribution >= 0.6 is 0 Å². The average molecular weight is 295 g/mol. The maximum atomic E-state index is 12.2. The third-order valence-electron chi connectivity index (χ3n) is 3.51. The van der Waals surface area contributed by atoms with Crippen molar-refractivity contribution < 1.29 is 9.90 Å². The van der Waals surface area contributed by atoms with E-state index in [-0.39, 0.29) is 19.1 Å². The van der Waals surface area contributed by atoms with Gasteiger partial charge >= 0.3 is 0 Å². The lowest BCUT2D eigenvalue weighted by atomic mass is 10.2. The van der Waals surface area contributed by atoms with Gasteiger partial charge in [-0.1, -0.05) is 42.5 Å². The Morgan fingerprint density at radius 1 is 1.09 bits per heavy atom. The van der Waals surface area contributed by atoms with Gasteiger partial charge in [0.15, 0.2) is 0 Å². The summed E-state index contributed by atoms with van der Waals surface area (Å²) in [5.74, 6) is 0.387. The predicted octanol–water partition coefficient (Wildman–Crippen LogP) is 1.85. The quantitative estimate of drug-likeness (QED) is 0.755. The van der Waals surface area contributed by atoms with Crippen LogP contribution in [0.2, 0.25) is 0 Å². The zero-order valence-corrected chi connectivity index (χ0v) is 12.1. The van der Waals surface area contributed by atoms with Gasteiger partial charge in [0.2, 0.25) is 5.91 Å². The summed E-state index contributed by atoms with van der Waals surface area (Å²) in [6.07, 6.45) is 0. The highest BCUT2D eigenvalue weighted by Gasteiger charge is 2.12. The standard InChI is InChI=1S/C17H17N3O2/c21-12-16-19-14-8-4-5-9-15(14)20(16)11-17(22)18-10-13-6-2-1-3-7-13/h1-9,21H,10-12H2,(H,18,22). The Bertz CT molecular complexity index is 781. The monoisotopic (exact) mass is 295 g/mol. The van der Waals surface area contributed by atoms with Gasteiger partial charge in [0.25, 0.3) is 0 Å². The van der Waals surface area contributed by atoms with E-state index in [1.807, 2.05) is 54.6 Å². The number of nitrogens with zero attached hydrogens (tertiary/aromatic N) is 2. The van der Waals surface area contributed by atoms with Gasteiger partial charge in [0.05, 0.1) is 11.0 Å². The molecule has 0 saturated carbocycles. The molecule has 0 unspecified atom stereocenters. The molecule has 1 amide bonds. The van der Waals surface area contributed by atoms with Crippen molar-refractivity contribution in [3.8, 4) is 0 Å². The molecule has 3 aromatic rings. The zero-order chi connectivity index (χ0) is 15.4. The number of fused-ring (bicyclic) bond motifs is 1. The van der Waals surface area contributed by atoms with Crippen LogP contribution in [0.3, 0.4) is 0 Å². The van der Waals surface area contributed by atoms with Crippen LogP contribution in [-0.4, -0.2) is 20.6 Å². The van der Waals surface area contributed by atoms with Gasteiger partial charge in [-0.05, 0) is 17.7 Å². The van der Waals surface area contributed by atoms with Crippen molar-refractivity contribution in [1.82, 2.24) is 14.9 Å². The number of amides is 1. The fourth-order valence-corrected chi connectivity index (χ4v) is 2.42. The highest BCUT2D eigenvalue weighted by Crippen LogP contribution is 2.15. The first-order chi connectivity index (χ1) is 10.8. The number of carbonyl (C=O) groups excluding carboxylic acids is 1. The Kier molecular flexibility index (Phi) is 4.16. The Balaban J connectivity index is 1.73. The van der Waals surface area contributed by atoms with Gasteiger partial charge < -0.3 is 15.0 Å². The molecule has 2 N–H and O–H groups in total. The van der Waals surface area contributed by atoms with Gasteiger partial charge in [-0.3, -0.25) is 4.79 Å². The first-order valence-electron chi connectivity index (χ1n) is 7.13. The van der Waals surface area contributed by atoms with Crippen molar-refractivity contribution >= 4 is 16.9 Å². The van der Waals surface area contributed by atoms with E-state index in [2.05, 4.69) is 10.3 Å². The number of nitrogens with one attached hydrogen (secondary N) is 1. The lowest BCUT2D eigenvalue weighted by Gasteiger charge is -2.09. The third kappa shape index (κ3) is 2.99. The minimum Gasteiger partial charge on any atom is -0.388 e. The number of imidazole rings is 1. The van der Waals surface area contributed by atoms with Crippen molar-refractivity contribution in [2.24, 2.45) is 0 Å². The number of carbonyl (C=O) groups is 1. The normalized spacial score (nSPS) is 10.8. The molecule has 0 spiro atoms. The van der Waals surface area contributed by atoms with Crippen LogP contribution in [-0.2, 0) is 24.5 Å². The Hall–Kier alpha value is -2.66. The Labute approximate surface area is 128 Å². The topological polar surface area (TPSA) is 67.2 Å². The minimum absolute atomic E-state index is 0.110. The largest absolute Gasteiger partial charge is 0.388 e. The van der Waals surface area contributed by atoms with Crippen LogP contribution < -0.4 is 5.32 Å². The summed E-state index contributed by atoms with van der Waals surface area (Å²) < 4.78 is 1.75. The van der Waals surface area contributed by atoms with E-state index < -0.39 is 0 Å². The lowest BCUT2D eigenvalue weighted by molar-refractivity contribution is -0.121. The summed E-state index contributed by atoms with van der Waals surface area (Å²) in [5, 5.41) is 12.3.